The molecule has 4 amide bonds. The van der Waals surface area contributed by atoms with Gasteiger partial charge in [-0.2, -0.15) is 0 Å². The molecule has 372 valence electrons. The predicted molar refractivity (Wildman–Crippen MR) is 243 cm³/mol. The van der Waals surface area contributed by atoms with Crippen LogP contribution >= 0.6 is 15.6 Å². The molecule has 0 aromatic heterocycles. The van der Waals surface area contributed by atoms with Crippen LogP contribution in [0, 0.1) is 23.3 Å². The van der Waals surface area contributed by atoms with Crippen LogP contribution in [0.5, 0.6) is 11.5 Å². The molecule has 1 fully saturated rings. The van der Waals surface area contributed by atoms with Gasteiger partial charge in [0, 0.05) is 92.7 Å². The van der Waals surface area contributed by atoms with Crippen LogP contribution in [0.4, 0.5) is 23.2 Å². The summed E-state index contributed by atoms with van der Waals surface area (Å²) in [7, 11) is -8.99. The van der Waals surface area contributed by atoms with Crippen molar-refractivity contribution in [2.45, 2.75) is 90.1 Å². The number of phosphoric acid groups is 2. The standard InChI is InChI=1S/C47H48F4N4O13P2/c1-46(2)19-23(21-66-69(60,61)62)27-17-29-34(35-36(38(49)40(51)39(50)37(35)48)45(59)52(5)14-8-11-31(56)55-32(57)12-13-33(55)58)30-18-28-24(22-67-70(63,64)65)20-47(3,4)54-16-7-10-26(42(28)54)44(30)68-43(29)25-9-6-15-53(46)41(25)27/h17-20H,6-16,21-22H2,1-5H3,(H3-,60,61,62,63,64,65)/p+1. The zero-order valence-electron chi connectivity index (χ0n) is 38.7. The third-order valence-electron chi connectivity index (χ3n) is 13.8. The van der Waals surface area contributed by atoms with Crippen LogP contribution in [-0.2, 0) is 45.4 Å². The SMILES string of the molecule is CN(CCCC(=O)N1C(=O)CCC1=O)C(=O)c1c(F)c(F)c(F)c(F)c1C1=c2cc3c4c(c2Oc2c1cc1c5c2CCCN5C(C)(C)C=C1COP(=O)(O)O)CCC[N+]=4C(C)(C)C=C3COP(=O)(O)O. The number of hydrogen-bond donors (Lipinski definition) is 4. The highest BCUT2D eigenvalue weighted by molar-refractivity contribution is 7.46. The Morgan fingerprint density at radius 1 is 0.800 bits per heavy atom. The lowest BCUT2D eigenvalue weighted by Gasteiger charge is -2.47. The molecule has 0 unspecified atom stereocenters. The van der Waals surface area contributed by atoms with Crippen LogP contribution in [0.25, 0.3) is 16.7 Å². The Kier molecular flexibility index (Phi) is 12.4. The van der Waals surface area contributed by atoms with Gasteiger partial charge in [-0.25, -0.2) is 36.2 Å². The van der Waals surface area contributed by atoms with E-state index >= 15 is 17.6 Å². The molecule has 3 aromatic rings. The van der Waals surface area contributed by atoms with E-state index in [0.29, 0.717) is 77.0 Å². The number of hydrogen-bond acceptors (Lipinski definition) is 10. The van der Waals surface area contributed by atoms with Crippen molar-refractivity contribution in [1.29, 1.82) is 0 Å². The van der Waals surface area contributed by atoms with E-state index in [9.17, 15) is 47.9 Å². The van der Waals surface area contributed by atoms with E-state index in [1.54, 1.807) is 12.2 Å². The van der Waals surface area contributed by atoms with Gasteiger partial charge in [0.05, 0.1) is 41.1 Å². The molecule has 6 aliphatic heterocycles. The van der Waals surface area contributed by atoms with E-state index in [2.05, 4.69) is 9.48 Å². The molecule has 3 aromatic carbocycles. The van der Waals surface area contributed by atoms with Crippen molar-refractivity contribution in [3.63, 3.8) is 0 Å². The minimum Gasteiger partial charge on any atom is -0.455 e. The number of halogens is 4. The van der Waals surface area contributed by atoms with Crippen molar-refractivity contribution in [3.8, 4) is 11.5 Å². The quantitative estimate of drug-likeness (QED) is 0.0371. The number of nitrogens with zero attached hydrogens (tertiary/aromatic N) is 4. The highest BCUT2D eigenvalue weighted by Crippen LogP contribution is 2.54. The molecule has 0 aliphatic carbocycles. The van der Waals surface area contributed by atoms with E-state index in [-0.39, 0.29) is 64.8 Å². The molecule has 17 nitrogen and oxygen atoms in total. The van der Waals surface area contributed by atoms with Crippen molar-refractivity contribution >= 4 is 61.7 Å². The number of phosphoric ester groups is 2. The Bertz CT molecular complexity index is 3180. The number of ether oxygens (including phenoxy) is 1. The van der Waals surface area contributed by atoms with E-state index in [0.717, 1.165) is 11.9 Å². The first-order valence-electron chi connectivity index (χ1n) is 22.6. The minimum atomic E-state index is -5.07. The van der Waals surface area contributed by atoms with Crippen LogP contribution in [0.3, 0.4) is 0 Å². The average molecular weight is 1020 g/mol. The number of anilines is 1. The molecule has 0 saturated carbocycles. The van der Waals surface area contributed by atoms with Crippen molar-refractivity contribution in [2.75, 3.05) is 44.8 Å². The van der Waals surface area contributed by atoms with E-state index in [1.165, 1.54) is 12.1 Å². The van der Waals surface area contributed by atoms with Crippen molar-refractivity contribution in [1.82, 2.24) is 14.4 Å². The number of rotatable bonds is 12. The van der Waals surface area contributed by atoms with Crippen LogP contribution in [-0.4, -0.2) is 104 Å². The first kappa shape index (κ1) is 49.6. The summed E-state index contributed by atoms with van der Waals surface area (Å²) >= 11 is 0. The van der Waals surface area contributed by atoms with Gasteiger partial charge in [0.25, 0.3) is 5.91 Å². The molecule has 9 rings (SSSR count). The number of fused-ring (bicyclic) bond motifs is 4. The summed E-state index contributed by atoms with van der Waals surface area (Å²) in [6.07, 6.45) is 4.27. The fourth-order valence-corrected chi connectivity index (χ4v) is 11.4. The van der Waals surface area contributed by atoms with Crippen molar-refractivity contribution < 1.29 is 79.2 Å². The van der Waals surface area contributed by atoms with Gasteiger partial charge in [0.1, 0.15) is 18.0 Å². The fraction of sp³-hybridized carbons (Fsp3) is 0.426. The van der Waals surface area contributed by atoms with Gasteiger partial charge in [-0.15, -0.1) is 0 Å². The van der Waals surface area contributed by atoms with E-state index < -0.39 is 104 Å². The Hall–Kier alpha value is -5.37. The van der Waals surface area contributed by atoms with Crippen LogP contribution in [0.1, 0.15) is 110 Å². The van der Waals surface area contributed by atoms with Crippen molar-refractivity contribution in [2.24, 2.45) is 0 Å². The Balaban J connectivity index is 1.34. The lowest BCUT2D eigenvalue weighted by atomic mass is 9.78. The number of carbonyl (C=O) groups excluding carboxylic acids is 4. The third kappa shape index (κ3) is 8.47. The molecule has 70 heavy (non-hydrogen) atoms. The summed E-state index contributed by atoms with van der Waals surface area (Å²) in [5, 5.41) is 0.531. The molecule has 0 radical (unpaired) electrons. The minimum absolute atomic E-state index is 0.0515. The zero-order valence-corrected chi connectivity index (χ0v) is 40.4. The lowest BCUT2D eigenvalue weighted by Crippen LogP contribution is -2.53. The summed E-state index contributed by atoms with van der Waals surface area (Å²) in [5.41, 5.74) is -1.40. The summed E-state index contributed by atoms with van der Waals surface area (Å²) < 4.78 is 109. The molecule has 0 spiro atoms. The first-order chi connectivity index (χ1) is 32.7. The van der Waals surface area contributed by atoms with Crippen molar-refractivity contribution in [3.05, 3.63) is 97.1 Å². The lowest BCUT2D eigenvalue weighted by molar-refractivity contribution is -0.149. The largest absolute Gasteiger partial charge is 0.469 e. The molecule has 0 bridgehead atoms. The van der Waals surface area contributed by atoms with Gasteiger partial charge < -0.3 is 34.1 Å². The van der Waals surface area contributed by atoms with Gasteiger partial charge in [-0.3, -0.25) is 28.2 Å². The average Bonchev–Trinajstić information content (AvgIpc) is 3.63. The Labute approximate surface area is 397 Å². The highest BCUT2D eigenvalue weighted by atomic mass is 31.2. The number of imide groups is 3. The van der Waals surface area contributed by atoms with Gasteiger partial charge in [-0.1, -0.05) is 6.08 Å². The second kappa shape index (κ2) is 17.4. The van der Waals surface area contributed by atoms with Gasteiger partial charge >= 0.3 is 15.6 Å². The van der Waals surface area contributed by atoms with Gasteiger partial charge in [-0.05, 0) is 68.9 Å². The Morgan fingerprint density at radius 3 is 2.06 bits per heavy atom. The number of likely N-dealkylation sites (tertiary alicyclic amines) is 1. The first-order valence-corrected chi connectivity index (χ1v) is 25.6. The summed E-state index contributed by atoms with van der Waals surface area (Å²) in [6, 6.07) is 2.96. The molecule has 6 aliphatic rings. The Morgan fingerprint density at radius 2 is 1.41 bits per heavy atom. The topological polar surface area (TPSA) is 224 Å². The molecular weight excluding hydrogens is 966 g/mol. The summed E-state index contributed by atoms with van der Waals surface area (Å²) in [6.45, 7) is 6.96. The number of carbonyl (C=O) groups is 4. The van der Waals surface area contributed by atoms with Crippen LogP contribution in [0.2, 0.25) is 0 Å². The molecule has 1 saturated heterocycles. The molecule has 4 N–H and O–H groups in total. The molecular formula is C47H49F4N4O13P2+. The van der Waals surface area contributed by atoms with Gasteiger partial charge in [0.2, 0.25) is 23.1 Å². The molecule has 0 atom stereocenters. The normalized spacial score (nSPS) is 18.7. The van der Waals surface area contributed by atoms with Crippen LogP contribution in [0.15, 0.2) is 24.3 Å². The second-order valence-corrected chi connectivity index (χ2v) is 21.7. The maximum absolute atomic E-state index is 17.4. The van der Waals surface area contributed by atoms with Gasteiger partial charge in [0.15, 0.2) is 28.8 Å². The summed E-state index contributed by atoms with van der Waals surface area (Å²) in [4.78, 5) is 94.7. The second-order valence-electron chi connectivity index (χ2n) is 19.3. The van der Waals surface area contributed by atoms with Crippen LogP contribution < -0.4 is 24.8 Å². The molecule has 23 heteroatoms. The molecule has 6 heterocycles. The van der Waals surface area contributed by atoms with E-state index in [4.69, 9.17) is 13.8 Å². The fourth-order valence-electron chi connectivity index (χ4n) is 10.8. The smallest absolute Gasteiger partial charge is 0.455 e. The van der Waals surface area contributed by atoms with E-state index in [1.807, 2.05) is 27.7 Å². The maximum Gasteiger partial charge on any atom is 0.469 e. The third-order valence-corrected chi connectivity index (χ3v) is 14.7. The number of benzene rings is 3. The monoisotopic (exact) mass is 1020 g/mol. The predicted octanol–water partition coefficient (Wildman–Crippen LogP) is 4.88. The summed E-state index contributed by atoms with van der Waals surface area (Å²) in [5.74, 6) is -11.9. The zero-order chi connectivity index (χ0) is 50.7. The number of amides is 4. The maximum atomic E-state index is 17.4. The highest BCUT2D eigenvalue weighted by Gasteiger charge is 2.45.